The van der Waals surface area contributed by atoms with Gasteiger partial charge in [-0.1, -0.05) is 35.9 Å². The van der Waals surface area contributed by atoms with Crippen LogP contribution in [0.4, 0.5) is 5.69 Å². The molecular formula is C17H13ClN2O2S. The lowest BCUT2D eigenvalue weighted by atomic mass is 10.1. The molecule has 0 spiro atoms. The SMILES string of the molecule is Cc1ccc2c(Cl)c(C(=O)Nc3ccccc3C(N)=O)sc2c1. The number of amides is 2. The van der Waals surface area contributed by atoms with E-state index in [1.54, 1.807) is 24.3 Å². The molecule has 0 aliphatic heterocycles. The summed E-state index contributed by atoms with van der Waals surface area (Å²) in [6.07, 6.45) is 0. The van der Waals surface area contributed by atoms with Gasteiger partial charge in [0.2, 0.25) is 0 Å². The number of nitrogens with one attached hydrogen (secondary N) is 1. The van der Waals surface area contributed by atoms with Gasteiger partial charge in [0.05, 0.1) is 16.3 Å². The Morgan fingerprint density at radius 2 is 1.91 bits per heavy atom. The lowest BCUT2D eigenvalue weighted by Crippen LogP contribution is -2.17. The lowest BCUT2D eigenvalue weighted by molar-refractivity contribution is 0.100. The molecule has 2 amide bonds. The lowest BCUT2D eigenvalue weighted by Gasteiger charge is -2.07. The van der Waals surface area contributed by atoms with E-state index in [2.05, 4.69) is 5.32 Å². The summed E-state index contributed by atoms with van der Waals surface area (Å²) in [5.74, 6) is -0.957. The van der Waals surface area contributed by atoms with Crippen LogP contribution in [0, 0.1) is 6.92 Å². The largest absolute Gasteiger partial charge is 0.366 e. The van der Waals surface area contributed by atoms with Crippen molar-refractivity contribution >= 4 is 50.5 Å². The first kappa shape index (κ1) is 15.5. The molecule has 0 aliphatic rings. The van der Waals surface area contributed by atoms with E-state index >= 15 is 0 Å². The predicted molar refractivity (Wildman–Crippen MR) is 94.5 cm³/mol. The van der Waals surface area contributed by atoms with Crippen molar-refractivity contribution in [2.45, 2.75) is 6.92 Å². The molecule has 1 heterocycles. The molecule has 3 N–H and O–H groups in total. The second kappa shape index (κ2) is 6.02. The maximum Gasteiger partial charge on any atom is 0.267 e. The van der Waals surface area contributed by atoms with Crippen molar-refractivity contribution in [3.63, 3.8) is 0 Å². The third-order valence-electron chi connectivity index (χ3n) is 3.43. The molecule has 23 heavy (non-hydrogen) atoms. The fourth-order valence-electron chi connectivity index (χ4n) is 2.30. The van der Waals surface area contributed by atoms with Crippen LogP contribution < -0.4 is 11.1 Å². The zero-order chi connectivity index (χ0) is 16.6. The number of para-hydroxylation sites is 1. The van der Waals surface area contributed by atoms with E-state index in [4.69, 9.17) is 17.3 Å². The van der Waals surface area contributed by atoms with E-state index in [0.717, 1.165) is 15.6 Å². The van der Waals surface area contributed by atoms with Gasteiger partial charge in [-0.15, -0.1) is 11.3 Å². The van der Waals surface area contributed by atoms with Crippen molar-refractivity contribution in [1.29, 1.82) is 0 Å². The molecule has 0 unspecified atom stereocenters. The third-order valence-corrected chi connectivity index (χ3v) is 5.09. The summed E-state index contributed by atoms with van der Waals surface area (Å²) in [5, 5.41) is 3.97. The van der Waals surface area contributed by atoms with Gasteiger partial charge in [-0.05, 0) is 30.7 Å². The number of thiophene rings is 1. The summed E-state index contributed by atoms with van der Waals surface area (Å²) in [4.78, 5) is 24.4. The highest BCUT2D eigenvalue weighted by atomic mass is 35.5. The fraction of sp³-hybridized carbons (Fsp3) is 0.0588. The van der Waals surface area contributed by atoms with E-state index in [9.17, 15) is 9.59 Å². The number of carbonyl (C=O) groups excluding carboxylic acids is 2. The van der Waals surface area contributed by atoms with Gasteiger partial charge in [-0.3, -0.25) is 9.59 Å². The first-order chi connectivity index (χ1) is 11.0. The molecule has 0 fully saturated rings. The fourth-order valence-corrected chi connectivity index (χ4v) is 3.81. The van der Waals surface area contributed by atoms with Gasteiger partial charge in [-0.2, -0.15) is 0 Å². The Morgan fingerprint density at radius 3 is 2.65 bits per heavy atom. The molecule has 3 rings (SSSR count). The zero-order valence-corrected chi connectivity index (χ0v) is 13.8. The second-order valence-corrected chi connectivity index (χ2v) is 6.54. The van der Waals surface area contributed by atoms with E-state index in [1.165, 1.54) is 11.3 Å². The molecule has 0 radical (unpaired) electrons. The van der Waals surface area contributed by atoms with Crippen LogP contribution >= 0.6 is 22.9 Å². The topological polar surface area (TPSA) is 72.2 Å². The number of aryl methyl sites for hydroxylation is 1. The van der Waals surface area contributed by atoms with Gasteiger partial charge in [0.1, 0.15) is 4.88 Å². The van der Waals surface area contributed by atoms with Crippen molar-refractivity contribution < 1.29 is 9.59 Å². The highest BCUT2D eigenvalue weighted by molar-refractivity contribution is 7.21. The molecule has 0 bridgehead atoms. The number of nitrogens with two attached hydrogens (primary N) is 1. The van der Waals surface area contributed by atoms with E-state index in [1.807, 2.05) is 25.1 Å². The zero-order valence-electron chi connectivity index (χ0n) is 12.2. The number of carbonyl (C=O) groups is 2. The van der Waals surface area contributed by atoms with Gasteiger partial charge < -0.3 is 11.1 Å². The Hall–Kier alpha value is -2.37. The summed E-state index contributed by atoms with van der Waals surface area (Å²) in [6, 6.07) is 12.4. The number of hydrogen-bond acceptors (Lipinski definition) is 3. The Morgan fingerprint density at radius 1 is 1.17 bits per heavy atom. The summed E-state index contributed by atoms with van der Waals surface area (Å²) in [7, 11) is 0. The standard InChI is InChI=1S/C17H13ClN2O2S/c1-9-6-7-11-13(8-9)23-15(14(11)18)17(22)20-12-5-3-2-4-10(12)16(19)21/h2-8H,1H3,(H2,19,21)(H,20,22). The number of anilines is 1. The number of fused-ring (bicyclic) bond motifs is 1. The Balaban J connectivity index is 1.99. The maximum atomic E-state index is 12.5. The monoisotopic (exact) mass is 344 g/mol. The van der Waals surface area contributed by atoms with Gasteiger partial charge in [0.25, 0.3) is 11.8 Å². The Bertz CT molecular complexity index is 933. The van der Waals surface area contributed by atoms with Gasteiger partial charge in [0.15, 0.2) is 0 Å². The van der Waals surface area contributed by atoms with Crippen LogP contribution in [0.1, 0.15) is 25.6 Å². The molecular weight excluding hydrogens is 332 g/mol. The van der Waals surface area contributed by atoms with Gasteiger partial charge >= 0.3 is 0 Å². The van der Waals surface area contributed by atoms with Crippen LogP contribution in [-0.4, -0.2) is 11.8 Å². The van der Waals surface area contributed by atoms with Crippen LogP contribution in [0.25, 0.3) is 10.1 Å². The normalized spacial score (nSPS) is 10.7. The van der Waals surface area contributed by atoms with Crippen LogP contribution in [0.3, 0.4) is 0 Å². The van der Waals surface area contributed by atoms with Crippen molar-refractivity contribution in [1.82, 2.24) is 0 Å². The number of rotatable bonds is 3. The molecule has 0 atom stereocenters. The minimum atomic E-state index is -0.598. The van der Waals surface area contributed by atoms with Crippen molar-refractivity contribution in [3.05, 3.63) is 63.5 Å². The van der Waals surface area contributed by atoms with Gasteiger partial charge in [-0.25, -0.2) is 0 Å². The Labute approximate surface area is 141 Å². The molecule has 116 valence electrons. The number of hydrogen-bond donors (Lipinski definition) is 2. The first-order valence-corrected chi connectivity index (χ1v) is 8.05. The molecule has 2 aromatic carbocycles. The van der Waals surface area contributed by atoms with Crippen LogP contribution in [0.15, 0.2) is 42.5 Å². The Kier molecular flexibility index (Phi) is 4.07. The molecule has 1 aromatic heterocycles. The van der Waals surface area contributed by atoms with Crippen LogP contribution in [0.2, 0.25) is 5.02 Å². The first-order valence-electron chi connectivity index (χ1n) is 6.86. The third kappa shape index (κ3) is 2.93. The van der Waals surface area contributed by atoms with Crippen molar-refractivity contribution in [3.8, 4) is 0 Å². The predicted octanol–water partition coefficient (Wildman–Crippen LogP) is 4.21. The molecule has 0 aliphatic carbocycles. The summed E-state index contributed by atoms with van der Waals surface area (Å²) < 4.78 is 0.948. The highest BCUT2D eigenvalue weighted by Crippen LogP contribution is 2.36. The molecule has 6 heteroatoms. The molecule has 3 aromatic rings. The molecule has 0 saturated carbocycles. The number of halogens is 1. The number of primary amides is 1. The van der Waals surface area contributed by atoms with Crippen molar-refractivity contribution in [2.24, 2.45) is 5.73 Å². The van der Waals surface area contributed by atoms with Crippen LogP contribution in [-0.2, 0) is 0 Å². The summed E-state index contributed by atoms with van der Waals surface area (Å²) >= 11 is 7.65. The quantitative estimate of drug-likeness (QED) is 0.746. The van der Waals surface area contributed by atoms with Crippen molar-refractivity contribution in [2.75, 3.05) is 5.32 Å². The van der Waals surface area contributed by atoms with E-state index < -0.39 is 5.91 Å². The minimum Gasteiger partial charge on any atom is -0.366 e. The highest BCUT2D eigenvalue weighted by Gasteiger charge is 2.19. The van der Waals surface area contributed by atoms with E-state index in [-0.39, 0.29) is 11.5 Å². The maximum absolute atomic E-state index is 12.5. The molecule has 4 nitrogen and oxygen atoms in total. The van der Waals surface area contributed by atoms with Crippen LogP contribution in [0.5, 0.6) is 0 Å². The summed E-state index contributed by atoms with van der Waals surface area (Å²) in [6.45, 7) is 1.98. The molecule has 0 saturated heterocycles. The second-order valence-electron chi connectivity index (χ2n) is 5.11. The summed E-state index contributed by atoms with van der Waals surface area (Å²) in [5.41, 5.74) is 7.05. The minimum absolute atomic E-state index is 0.258. The average Bonchev–Trinajstić information content (AvgIpc) is 2.84. The van der Waals surface area contributed by atoms with Gasteiger partial charge in [0, 0.05) is 10.1 Å². The number of benzene rings is 2. The smallest absolute Gasteiger partial charge is 0.267 e. The average molecular weight is 345 g/mol. The van der Waals surface area contributed by atoms with E-state index in [0.29, 0.717) is 15.6 Å².